The van der Waals surface area contributed by atoms with Gasteiger partial charge in [0, 0.05) is 11.6 Å². The second kappa shape index (κ2) is 8.60. The molecular formula is C17H13ClN4O4. The number of nitrogens with one attached hydrogen (secondary N) is 1. The Morgan fingerprint density at radius 3 is 2.69 bits per heavy atom. The lowest BCUT2D eigenvalue weighted by molar-refractivity contribution is -0.384. The second-order valence-electron chi connectivity index (χ2n) is 5.10. The zero-order valence-corrected chi connectivity index (χ0v) is 14.3. The maximum atomic E-state index is 12.0. The van der Waals surface area contributed by atoms with Gasteiger partial charge in [0.2, 0.25) is 0 Å². The minimum absolute atomic E-state index is 0.0145. The molecule has 9 heteroatoms. The van der Waals surface area contributed by atoms with Crippen LogP contribution in [0.1, 0.15) is 18.1 Å². The highest BCUT2D eigenvalue weighted by molar-refractivity contribution is 6.32. The summed E-state index contributed by atoms with van der Waals surface area (Å²) in [4.78, 5) is 22.2. The molecular weight excluding hydrogens is 360 g/mol. The third-order valence-corrected chi connectivity index (χ3v) is 3.54. The molecule has 0 aromatic heterocycles. The number of carbonyl (C=O) groups is 1. The van der Waals surface area contributed by atoms with Gasteiger partial charge in [-0.1, -0.05) is 17.7 Å². The van der Waals surface area contributed by atoms with Gasteiger partial charge in [-0.25, -0.2) is 5.43 Å². The summed E-state index contributed by atoms with van der Waals surface area (Å²) in [6.45, 7) is 1.54. The zero-order valence-electron chi connectivity index (χ0n) is 13.5. The maximum Gasteiger partial charge on any atom is 0.288 e. The van der Waals surface area contributed by atoms with E-state index >= 15 is 0 Å². The van der Waals surface area contributed by atoms with Crippen molar-refractivity contribution < 1.29 is 14.5 Å². The fourth-order valence-corrected chi connectivity index (χ4v) is 2.06. The van der Waals surface area contributed by atoms with Crippen molar-refractivity contribution in [1.29, 1.82) is 5.26 Å². The standard InChI is InChI=1S/C17H13ClN4O4/c1-11(26-14-5-2-12(9-19)3-6-14)17(23)21-20-10-13-4-7-15(18)16(8-13)22(24)25/h2-8,10-11H,1H3,(H,21,23)/b20-10-/t11-/m1/s1. The molecule has 2 aromatic carbocycles. The number of ether oxygens (including phenoxy) is 1. The van der Waals surface area contributed by atoms with E-state index in [1.807, 2.05) is 6.07 Å². The first-order valence-electron chi connectivity index (χ1n) is 7.34. The normalized spacial score (nSPS) is 11.6. The van der Waals surface area contributed by atoms with Crippen LogP contribution in [0, 0.1) is 21.4 Å². The van der Waals surface area contributed by atoms with Crippen molar-refractivity contribution in [2.24, 2.45) is 5.10 Å². The highest BCUT2D eigenvalue weighted by Gasteiger charge is 2.14. The smallest absolute Gasteiger partial charge is 0.288 e. The molecule has 0 spiro atoms. The number of halogens is 1. The average Bonchev–Trinajstić information content (AvgIpc) is 2.63. The van der Waals surface area contributed by atoms with E-state index < -0.39 is 16.9 Å². The molecule has 2 rings (SSSR count). The molecule has 26 heavy (non-hydrogen) atoms. The van der Waals surface area contributed by atoms with Gasteiger partial charge in [-0.3, -0.25) is 14.9 Å². The molecule has 1 N–H and O–H groups in total. The fourth-order valence-electron chi connectivity index (χ4n) is 1.88. The van der Waals surface area contributed by atoms with Gasteiger partial charge in [-0.2, -0.15) is 10.4 Å². The Morgan fingerprint density at radius 2 is 2.08 bits per heavy atom. The van der Waals surface area contributed by atoms with Crippen molar-refractivity contribution in [2.75, 3.05) is 0 Å². The highest BCUT2D eigenvalue weighted by Crippen LogP contribution is 2.24. The Kier molecular flexibility index (Phi) is 6.25. The summed E-state index contributed by atoms with van der Waals surface area (Å²) in [7, 11) is 0. The van der Waals surface area contributed by atoms with Crippen molar-refractivity contribution in [3.63, 3.8) is 0 Å². The predicted molar refractivity (Wildman–Crippen MR) is 95.1 cm³/mol. The van der Waals surface area contributed by atoms with E-state index in [4.69, 9.17) is 21.6 Å². The number of hydrazone groups is 1. The largest absolute Gasteiger partial charge is 0.481 e. The molecule has 132 valence electrons. The summed E-state index contributed by atoms with van der Waals surface area (Å²) in [5, 5.41) is 23.3. The van der Waals surface area contributed by atoms with Crippen LogP contribution in [0.5, 0.6) is 5.75 Å². The quantitative estimate of drug-likeness (QED) is 0.475. The molecule has 2 aromatic rings. The van der Waals surface area contributed by atoms with Gasteiger partial charge in [-0.05, 0) is 37.3 Å². The topological polar surface area (TPSA) is 118 Å². The van der Waals surface area contributed by atoms with Gasteiger partial charge in [-0.15, -0.1) is 0 Å². The van der Waals surface area contributed by atoms with Crippen LogP contribution in [0.3, 0.4) is 0 Å². The number of nitrogens with zero attached hydrogens (tertiary/aromatic N) is 3. The van der Waals surface area contributed by atoms with E-state index in [-0.39, 0.29) is 10.7 Å². The van der Waals surface area contributed by atoms with Gasteiger partial charge < -0.3 is 4.74 Å². The molecule has 0 radical (unpaired) electrons. The molecule has 8 nitrogen and oxygen atoms in total. The number of nitro groups is 1. The summed E-state index contributed by atoms with van der Waals surface area (Å²) >= 11 is 5.72. The van der Waals surface area contributed by atoms with Crippen LogP contribution >= 0.6 is 11.6 Å². The van der Waals surface area contributed by atoms with Crippen LogP contribution in [0.4, 0.5) is 5.69 Å². The van der Waals surface area contributed by atoms with Gasteiger partial charge >= 0.3 is 0 Å². The number of nitro benzene ring substituents is 1. The van der Waals surface area contributed by atoms with Gasteiger partial charge in [0.1, 0.15) is 10.8 Å². The van der Waals surface area contributed by atoms with Crippen LogP contribution in [0.25, 0.3) is 0 Å². The van der Waals surface area contributed by atoms with E-state index in [0.717, 1.165) is 0 Å². The molecule has 0 unspecified atom stereocenters. The Labute approximate surface area is 153 Å². The Hall–Kier alpha value is -3.44. The van der Waals surface area contributed by atoms with Gasteiger partial charge in [0.05, 0.1) is 22.8 Å². The summed E-state index contributed by atoms with van der Waals surface area (Å²) in [5.74, 6) is -0.0713. The summed E-state index contributed by atoms with van der Waals surface area (Å²) in [5.41, 5.74) is 2.92. The molecule has 0 saturated heterocycles. The van der Waals surface area contributed by atoms with E-state index in [1.165, 1.54) is 31.3 Å². The first-order valence-corrected chi connectivity index (χ1v) is 7.72. The van der Waals surface area contributed by atoms with Crippen molar-refractivity contribution in [3.05, 3.63) is 68.7 Å². The lowest BCUT2D eigenvalue weighted by atomic mass is 10.2. The number of nitriles is 1. The summed E-state index contributed by atoms with van der Waals surface area (Å²) in [6.07, 6.45) is 0.426. The second-order valence-corrected chi connectivity index (χ2v) is 5.51. The summed E-state index contributed by atoms with van der Waals surface area (Å²) < 4.78 is 5.44. The van der Waals surface area contributed by atoms with Crippen LogP contribution in [0.2, 0.25) is 5.02 Å². The number of amides is 1. The first-order chi connectivity index (χ1) is 12.4. The molecule has 0 bridgehead atoms. The molecule has 1 atom stereocenters. The molecule has 0 aliphatic rings. The number of carbonyl (C=O) groups excluding carboxylic acids is 1. The van der Waals surface area contributed by atoms with E-state index in [9.17, 15) is 14.9 Å². The Bertz CT molecular complexity index is 891. The summed E-state index contributed by atoms with van der Waals surface area (Å²) in [6, 6.07) is 12.4. The highest BCUT2D eigenvalue weighted by atomic mass is 35.5. The third kappa shape index (κ3) is 5.03. The van der Waals surface area contributed by atoms with Crippen molar-refractivity contribution >= 4 is 29.4 Å². The van der Waals surface area contributed by atoms with Crippen molar-refractivity contribution in [1.82, 2.24) is 5.43 Å². The lowest BCUT2D eigenvalue weighted by Crippen LogP contribution is -2.33. The molecule has 1 amide bonds. The monoisotopic (exact) mass is 372 g/mol. The molecule has 0 heterocycles. The van der Waals surface area contributed by atoms with Crippen molar-refractivity contribution in [3.8, 4) is 11.8 Å². The van der Waals surface area contributed by atoms with Crippen LogP contribution in [0.15, 0.2) is 47.6 Å². The number of hydrogen-bond donors (Lipinski definition) is 1. The number of benzene rings is 2. The molecule has 0 aliphatic carbocycles. The SMILES string of the molecule is C[C@@H](Oc1ccc(C#N)cc1)C(=O)N/N=C\c1ccc(Cl)c([N+](=O)[O-])c1. The lowest BCUT2D eigenvalue weighted by Gasteiger charge is -2.12. The van der Waals surface area contributed by atoms with Crippen molar-refractivity contribution in [2.45, 2.75) is 13.0 Å². The van der Waals surface area contributed by atoms with E-state index in [1.54, 1.807) is 24.3 Å². The van der Waals surface area contributed by atoms with E-state index in [0.29, 0.717) is 16.9 Å². The minimum atomic E-state index is -0.834. The van der Waals surface area contributed by atoms with Crippen LogP contribution in [-0.2, 0) is 4.79 Å². The molecule has 0 fully saturated rings. The Morgan fingerprint density at radius 1 is 1.38 bits per heavy atom. The van der Waals surface area contributed by atoms with Crippen LogP contribution < -0.4 is 10.2 Å². The average molecular weight is 373 g/mol. The number of rotatable bonds is 6. The third-order valence-electron chi connectivity index (χ3n) is 3.22. The van der Waals surface area contributed by atoms with Gasteiger partial charge in [0.25, 0.3) is 11.6 Å². The maximum absolute atomic E-state index is 12.0. The Balaban J connectivity index is 1.94. The number of hydrogen-bond acceptors (Lipinski definition) is 6. The molecule has 0 saturated carbocycles. The zero-order chi connectivity index (χ0) is 19.1. The molecule has 0 aliphatic heterocycles. The van der Waals surface area contributed by atoms with Gasteiger partial charge in [0.15, 0.2) is 6.10 Å². The predicted octanol–water partition coefficient (Wildman–Crippen LogP) is 3.04. The minimum Gasteiger partial charge on any atom is -0.481 e. The van der Waals surface area contributed by atoms with E-state index in [2.05, 4.69) is 10.5 Å². The fraction of sp³-hybridized carbons (Fsp3) is 0.118. The van der Waals surface area contributed by atoms with Crippen LogP contribution in [-0.4, -0.2) is 23.1 Å². The first kappa shape index (κ1) is 18.9.